The molecule has 1 aliphatic carbocycles. The predicted octanol–water partition coefficient (Wildman–Crippen LogP) is 2.26. The molecule has 1 aromatic heterocycles. The zero-order valence-corrected chi connectivity index (χ0v) is 10.5. The third-order valence-electron chi connectivity index (χ3n) is 3.58. The van der Waals surface area contributed by atoms with Crippen LogP contribution in [0.4, 0.5) is 10.5 Å². The topological polar surface area (TPSA) is 69.8 Å². The second kappa shape index (κ2) is 4.76. The molecule has 3 N–H and O–H groups in total. The average Bonchev–Trinajstić information content (AvgIpc) is 3.08. The van der Waals surface area contributed by atoms with Crippen LogP contribution in [0.1, 0.15) is 18.4 Å². The van der Waals surface area contributed by atoms with E-state index in [0.29, 0.717) is 12.2 Å². The van der Waals surface area contributed by atoms with E-state index in [4.69, 9.17) is 0 Å². The number of hydrogen-bond acceptors (Lipinski definition) is 2. The molecule has 0 spiro atoms. The summed E-state index contributed by atoms with van der Waals surface area (Å²) in [6.07, 6.45) is 5.47. The van der Waals surface area contributed by atoms with Crippen LogP contribution in [0.3, 0.4) is 0 Å². The fourth-order valence-electron chi connectivity index (χ4n) is 2.25. The number of aromatic amines is 1. The van der Waals surface area contributed by atoms with Crippen molar-refractivity contribution in [1.29, 1.82) is 0 Å². The van der Waals surface area contributed by atoms with Crippen molar-refractivity contribution in [2.24, 2.45) is 0 Å². The molecule has 0 aliphatic heterocycles. The third kappa shape index (κ3) is 2.59. The fourth-order valence-corrected chi connectivity index (χ4v) is 2.25. The molecular weight excluding hydrogens is 240 g/mol. The lowest BCUT2D eigenvalue weighted by Gasteiger charge is -2.16. The van der Waals surface area contributed by atoms with Gasteiger partial charge < -0.3 is 10.6 Å². The minimum atomic E-state index is -0.191. The summed E-state index contributed by atoms with van der Waals surface area (Å²) in [6.45, 7) is 0.667. The first-order chi connectivity index (χ1) is 9.28. The van der Waals surface area contributed by atoms with E-state index in [9.17, 15) is 4.79 Å². The van der Waals surface area contributed by atoms with E-state index in [-0.39, 0.29) is 11.4 Å². The van der Waals surface area contributed by atoms with Crippen LogP contribution in [-0.2, 0) is 5.41 Å². The van der Waals surface area contributed by atoms with Gasteiger partial charge in [0.1, 0.15) is 0 Å². The van der Waals surface area contributed by atoms with Crippen LogP contribution < -0.4 is 10.6 Å². The van der Waals surface area contributed by atoms with Gasteiger partial charge in [-0.1, -0.05) is 30.3 Å². The summed E-state index contributed by atoms with van der Waals surface area (Å²) in [5.74, 6) is 0. The number of amides is 2. The van der Waals surface area contributed by atoms with Gasteiger partial charge in [-0.2, -0.15) is 5.10 Å². The number of urea groups is 1. The summed E-state index contributed by atoms with van der Waals surface area (Å²) in [7, 11) is 0. The van der Waals surface area contributed by atoms with Crippen molar-refractivity contribution in [3.05, 3.63) is 48.3 Å². The van der Waals surface area contributed by atoms with E-state index in [2.05, 4.69) is 33.0 Å². The van der Waals surface area contributed by atoms with Gasteiger partial charge in [0.25, 0.3) is 0 Å². The highest BCUT2D eigenvalue weighted by Crippen LogP contribution is 2.47. The van der Waals surface area contributed by atoms with Crippen molar-refractivity contribution in [2.45, 2.75) is 18.3 Å². The second-order valence-electron chi connectivity index (χ2n) is 4.94. The van der Waals surface area contributed by atoms with Crippen LogP contribution in [0.15, 0.2) is 42.7 Å². The standard InChI is InChI=1S/C14H16N4O/c19-13(18-12-8-16-17-9-12)15-10-14(6-7-14)11-4-2-1-3-5-11/h1-5,8-9H,6-7,10H2,(H,16,17)(H2,15,18,19). The van der Waals surface area contributed by atoms with Crippen LogP contribution in [0.5, 0.6) is 0 Å². The maximum absolute atomic E-state index is 11.8. The van der Waals surface area contributed by atoms with Crippen molar-refractivity contribution in [2.75, 3.05) is 11.9 Å². The quantitative estimate of drug-likeness (QED) is 0.785. The SMILES string of the molecule is O=C(NCC1(c2ccccc2)CC1)Nc1cn[nH]c1. The molecule has 5 nitrogen and oxygen atoms in total. The number of benzene rings is 1. The van der Waals surface area contributed by atoms with Gasteiger partial charge in [-0.05, 0) is 18.4 Å². The molecule has 1 aromatic carbocycles. The molecule has 0 unspecified atom stereocenters. The summed E-state index contributed by atoms with van der Waals surface area (Å²) >= 11 is 0. The first kappa shape index (κ1) is 11.8. The summed E-state index contributed by atoms with van der Waals surface area (Å²) in [4.78, 5) is 11.8. The second-order valence-corrected chi connectivity index (χ2v) is 4.94. The Morgan fingerprint density at radius 2 is 2.11 bits per heavy atom. The summed E-state index contributed by atoms with van der Waals surface area (Å²) < 4.78 is 0. The van der Waals surface area contributed by atoms with Crippen molar-refractivity contribution in [3.63, 3.8) is 0 Å². The van der Waals surface area contributed by atoms with Crippen LogP contribution >= 0.6 is 0 Å². The Bertz CT molecular complexity index is 546. The minimum absolute atomic E-state index is 0.134. The van der Waals surface area contributed by atoms with E-state index in [0.717, 1.165) is 12.8 Å². The molecule has 1 heterocycles. The molecular formula is C14H16N4O. The van der Waals surface area contributed by atoms with E-state index in [1.165, 1.54) is 5.56 Å². The van der Waals surface area contributed by atoms with Crippen LogP contribution in [0.2, 0.25) is 0 Å². The van der Waals surface area contributed by atoms with Gasteiger partial charge >= 0.3 is 6.03 Å². The van der Waals surface area contributed by atoms with Gasteiger partial charge in [-0.25, -0.2) is 4.79 Å². The maximum Gasteiger partial charge on any atom is 0.319 e. The largest absolute Gasteiger partial charge is 0.337 e. The number of nitrogens with one attached hydrogen (secondary N) is 3. The highest BCUT2D eigenvalue weighted by molar-refractivity contribution is 5.88. The number of nitrogens with zero attached hydrogens (tertiary/aromatic N) is 1. The van der Waals surface area contributed by atoms with Crippen molar-refractivity contribution in [3.8, 4) is 0 Å². The molecule has 3 rings (SSSR count). The molecule has 5 heteroatoms. The Morgan fingerprint density at radius 3 is 2.74 bits per heavy atom. The Kier molecular flexibility index (Phi) is 2.95. The zero-order chi connectivity index (χ0) is 13.1. The number of hydrogen-bond donors (Lipinski definition) is 3. The highest BCUT2D eigenvalue weighted by Gasteiger charge is 2.44. The Morgan fingerprint density at radius 1 is 1.32 bits per heavy atom. The molecule has 19 heavy (non-hydrogen) atoms. The third-order valence-corrected chi connectivity index (χ3v) is 3.58. The van der Waals surface area contributed by atoms with Gasteiger partial charge in [-0.3, -0.25) is 5.10 Å². The number of rotatable bonds is 4. The van der Waals surface area contributed by atoms with Crippen LogP contribution in [0, 0.1) is 0 Å². The summed E-state index contributed by atoms with van der Waals surface area (Å²) in [5.41, 5.74) is 2.11. The lowest BCUT2D eigenvalue weighted by atomic mass is 9.96. The Balaban J connectivity index is 1.56. The fraction of sp³-hybridized carbons (Fsp3) is 0.286. The van der Waals surface area contributed by atoms with Gasteiger partial charge in [0, 0.05) is 18.2 Å². The van der Waals surface area contributed by atoms with Crippen LogP contribution in [0.25, 0.3) is 0 Å². The smallest absolute Gasteiger partial charge is 0.319 e. The zero-order valence-electron chi connectivity index (χ0n) is 10.5. The molecule has 98 valence electrons. The lowest BCUT2D eigenvalue weighted by Crippen LogP contribution is -2.35. The molecule has 2 amide bonds. The number of carbonyl (C=O) groups excluding carboxylic acids is 1. The molecule has 1 fully saturated rings. The van der Waals surface area contributed by atoms with E-state index in [1.807, 2.05) is 18.2 Å². The highest BCUT2D eigenvalue weighted by atomic mass is 16.2. The Hall–Kier alpha value is -2.30. The van der Waals surface area contributed by atoms with Gasteiger partial charge in [0.05, 0.1) is 11.9 Å². The van der Waals surface area contributed by atoms with Gasteiger partial charge in [0.2, 0.25) is 0 Å². The lowest BCUT2D eigenvalue weighted by molar-refractivity contribution is 0.251. The summed E-state index contributed by atoms with van der Waals surface area (Å²) in [5, 5.41) is 12.1. The molecule has 1 aliphatic rings. The van der Waals surface area contributed by atoms with E-state index >= 15 is 0 Å². The number of carbonyl (C=O) groups is 1. The predicted molar refractivity (Wildman–Crippen MR) is 73.0 cm³/mol. The van der Waals surface area contributed by atoms with Crippen molar-refractivity contribution < 1.29 is 4.79 Å². The average molecular weight is 256 g/mol. The normalized spacial score (nSPS) is 15.8. The number of anilines is 1. The van der Waals surface area contributed by atoms with E-state index in [1.54, 1.807) is 12.4 Å². The van der Waals surface area contributed by atoms with Crippen LogP contribution in [-0.4, -0.2) is 22.8 Å². The molecule has 0 saturated heterocycles. The maximum atomic E-state index is 11.8. The molecule has 2 aromatic rings. The number of aromatic nitrogens is 2. The Labute approximate surface area is 111 Å². The molecule has 1 saturated carbocycles. The number of H-pyrrole nitrogens is 1. The minimum Gasteiger partial charge on any atom is -0.337 e. The molecule has 0 radical (unpaired) electrons. The first-order valence-electron chi connectivity index (χ1n) is 6.38. The van der Waals surface area contributed by atoms with E-state index < -0.39 is 0 Å². The monoisotopic (exact) mass is 256 g/mol. The molecule has 0 bridgehead atoms. The first-order valence-corrected chi connectivity index (χ1v) is 6.38. The van der Waals surface area contributed by atoms with Gasteiger partial charge in [0.15, 0.2) is 0 Å². The van der Waals surface area contributed by atoms with Crippen molar-refractivity contribution >= 4 is 11.7 Å². The van der Waals surface area contributed by atoms with Gasteiger partial charge in [-0.15, -0.1) is 0 Å². The summed E-state index contributed by atoms with van der Waals surface area (Å²) in [6, 6.07) is 10.2. The molecule has 0 atom stereocenters. The van der Waals surface area contributed by atoms with Crippen molar-refractivity contribution in [1.82, 2.24) is 15.5 Å².